The van der Waals surface area contributed by atoms with Gasteiger partial charge in [0.15, 0.2) is 5.58 Å². The summed E-state index contributed by atoms with van der Waals surface area (Å²) in [4.78, 5) is 24.9. The second kappa shape index (κ2) is 8.08. The smallest absolute Gasteiger partial charge is 0.405 e. The van der Waals surface area contributed by atoms with Crippen molar-refractivity contribution in [3.05, 3.63) is 87.0 Å². The second-order valence-corrected chi connectivity index (χ2v) is 9.01. The van der Waals surface area contributed by atoms with Gasteiger partial charge in [-0.3, -0.25) is 4.79 Å². The van der Waals surface area contributed by atoms with Crippen LogP contribution in [-0.2, 0) is 5.54 Å². The Labute approximate surface area is 197 Å². The highest BCUT2D eigenvalue weighted by molar-refractivity contribution is 9.10. The van der Waals surface area contributed by atoms with E-state index in [9.17, 15) is 19.8 Å². The first-order valence-electron chi connectivity index (χ1n) is 10.6. The number of fused-ring (bicyclic) bond motifs is 1. The molecule has 1 amide bonds. The Morgan fingerprint density at radius 1 is 0.970 bits per heavy atom. The van der Waals surface area contributed by atoms with E-state index in [0.29, 0.717) is 26.7 Å². The van der Waals surface area contributed by atoms with Crippen LogP contribution in [0.1, 0.15) is 24.8 Å². The molecule has 1 heterocycles. The number of halogens is 1. The number of carboxylic acid groups (broad SMARTS) is 1. The van der Waals surface area contributed by atoms with Gasteiger partial charge in [0.1, 0.15) is 16.0 Å². The van der Waals surface area contributed by atoms with Crippen LogP contribution < -0.4 is 10.7 Å². The summed E-state index contributed by atoms with van der Waals surface area (Å²) in [6, 6.07) is 19.7. The highest BCUT2D eigenvalue weighted by Gasteiger charge is 2.40. The van der Waals surface area contributed by atoms with E-state index in [0.717, 1.165) is 30.4 Å². The molecule has 3 N–H and O–H groups in total. The van der Waals surface area contributed by atoms with Crippen LogP contribution in [0.2, 0.25) is 0 Å². The molecule has 33 heavy (non-hydrogen) atoms. The average molecular weight is 506 g/mol. The van der Waals surface area contributed by atoms with Gasteiger partial charge in [0, 0.05) is 5.56 Å². The van der Waals surface area contributed by atoms with Crippen molar-refractivity contribution in [2.75, 3.05) is 0 Å². The molecule has 1 saturated carbocycles. The van der Waals surface area contributed by atoms with E-state index in [-0.39, 0.29) is 16.8 Å². The van der Waals surface area contributed by atoms with E-state index in [1.165, 1.54) is 6.07 Å². The minimum atomic E-state index is -1.05. The lowest BCUT2D eigenvalue weighted by molar-refractivity contribution is 0.144. The maximum Gasteiger partial charge on any atom is 0.405 e. The summed E-state index contributed by atoms with van der Waals surface area (Å²) in [5, 5.41) is 22.4. The van der Waals surface area contributed by atoms with Crippen molar-refractivity contribution in [1.29, 1.82) is 0 Å². The van der Waals surface area contributed by atoms with E-state index in [1.54, 1.807) is 6.07 Å². The van der Waals surface area contributed by atoms with Crippen LogP contribution in [0.25, 0.3) is 33.4 Å². The van der Waals surface area contributed by atoms with Crippen molar-refractivity contribution in [2.45, 2.75) is 24.8 Å². The number of phenolic OH excluding ortho intramolecular Hbond substituents is 1. The van der Waals surface area contributed by atoms with E-state index in [4.69, 9.17) is 4.42 Å². The molecule has 5 rings (SSSR count). The van der Waals surface area contributed by atoms with Gasteiger partial charge in [0.2, 0.25) is 5.43 Å². The zero-order valence-corrected chi connectivity index (χ0v) is 19.1. The first-order valence-corrected chi connectivity index (χ1v) is 11.3. The van der Waals surface area contributed by atoms with Gasteiger partial charge < -0.3 is 19.9 Å². The first-order chi connectivity index (χ1) is 15.9. The third-order valence-corrected chi connectivity index (χ3v) is 7.06. The van der Waals surface area contributed by atoms with Gasteiger partial charge in [-0.15, -0.1) is 0 Å². The molecular weight excluding hydrogens is 486 g/mol. The van der Waals surface area contributed by atoms with Gasteiger partial charge in [0.25, 0.3) is 0 Å². The predicted molar refractivity (Wildman–Crippen MR) is 129 cm³/mol. The number of benzene rings is 3. The molecule has 0 unspecified atom stereocenters. The molecule has 1 aromatic heterocycles. The van der Waals surface area contributed by atoms with Crippen LogP contribution in [0.5, 0.6) is 5.75 Å². The number of aromatic hydroxyl groups is 1. The topological polar surface area (TPSA) is 99.8 Å². The molecule has 0 atom stereocenters. The molecule has 0 saturated heterocycles. The molecule has 166 valence electrons. The molecule has 4 aromatic rings. The lowest BCUT2D eigenvalue weighted by Gasteiger charge is -2.42. The molecule has 0 aliphatic heterocycles. The number of carbonyl (C=O) groups is 1. The highest BCUT2D eigenvalue weighted by Crippen LogP contribution is 2.42. The fourth-order valence-electron chi connectivity index (χ4n) is 4.45. The summed E-state index contributed by atoms with van der Waals surface area (Å²) < 4.78 is 6.53. The predicted octanol–water partition coefficient (Wildman–Crippen LogP) is 6.24. The van der Waals surface area contributed by atoms with E-state index >= 15 is 0 Å². The Kier molecular flexibility index (Phi) is 5.21. The Balaban J connectivity index is 1.71. The van der Waals surface area contributed by atoms with E-state index in [1.807, 2.05) is 54.6 Å². The third kappa shape index (κ3) is 3.58. The number of nitrogens with one attached hydrogen (secondary N) is 1. The van der Waals surface area contributed by atoms with Crippen molar-refractivity contribution >= 4 is 33.0 Å². The molecule has 1 aliphatic rings. The van der Waals surface area contributed by atoms with Crippen molar-refractivity contribution in [1.82, 2.24) is 5.32 Å². The van der Waals surface area contributed by atoms with Crippen molar-refractivity contribution in [3.8, 4) is 28.2 Å². The maximum atomic E-state index is 13.6. The maximum absolute atomic E-state index is 13.6. The molecule has 0 radical (unpaired) electrons. The van der Waals surface area contributed by atoms with E-state index < -0.39 is 11.6 Å². The number of hydrogen-bond acceptors (Lipinski definition) is 4. The highest BCUT2D eigenvalue weighted by atomic mass is 79.9. The Morgan fingerprint density at radius 2 is 1.67 bits per heavy atom. The standard InChI is InChI=1S/C26H20BrNO5/c27-21-19(29)12-11-18-22(30)20(23(33-24(18)21)16-5-2-1-3-6-16)15-7-9-17(10-8-15)26(13-4-14-26)28-25(31)32/h1-3,5-12,28-29H,4,13-14H2,(H,31,32). The molecule has 3 aromatic carbocycles. The summed E-state index contributed by atoms with van der Waals surface area (Å²) in [7, 11) is 0. The molecule has 6 nitrogen and oxygen atoms in total. The van der Waals surface area contributed by atoms with Gasteiger partial charge in [-0.05, 0) is 58.5 Å². The summed E-state index contributed by atoms with van der Waals surface area (Å²) in [6.07, 6.45) is 1.39. The van der Waals surface area contributed by atoms with Gasteiger partial charge in [0.05, 0.1) is 16.5 Å². The van der Waals surface area contributed by atoms with Crippen LogP contribution >= 0.6 is 15.9 Å². The summed E-state index contributed by atoms with van der Waals surface area (Å²) >= 11 is 3.33. The van der Waals surface area contributed by atoms with Crippen LogP contribution in [0.4, 0.5) is 4.79 Å². The Morgan fingerprint density at radius 3 is 2.27 bits per heavy atom. The van der Waals surface area contributed by atoms with Gasteiger partial charge >= 0.3 is 6.09 Å². The minimum Gasteiger partial charge on any atom is -0.507 e. The SMILES string of the molecule is O=C(O)NC1(c2ccc(-c3c(-c4ccccc4)oc4c(Br)c(O)ccc4c3=O)cc2)CCC1. The Bertz CT molecular complexity index is 1420. The van der Waals surface area contributed by atoms with Crippen molar-refractivity contribution in [3.63, 3.8) is 0 Å². The monoisotopic (exact) mass is 505 g/mol. The van der Waals surface area contributed by atoms with Crippen molar-refractivity contribution in [2.24, 2.45) is 0 Å². The average Bonchev–Trinajstić information content (AvgIpc) is 2.79. The zero-order chi connectivity index (χ0) is 23.2. The van der Waals surface area contributed by atoms with E-state index in [2.05, 4.69) is 21.2 Å². The number of amides is 1. The van der Waals surface area contributed by atoms with Crippen LogP contribution in [0.15, 0.2) is 80.4 Å². The summed E-state index contributed by atoms with van der Waals surface area (Å²) in [5.41, 5.74) is 2.16. The number of rotatable bonds is 4. The fourth-order valence-corrected chi connectivity index (χ4v) is 4.87. The summed E-state index contributed by atoms with van der Waals surface area (Å²) in [5.74, 6) is 0.382. The van der Waals surface area contributed by atoms with Crippen molar-refractivity contribution < 1.29 is 19.4 Å². The lowest BCUT2D eigenvalue weighted by Crippen LogP contribution is -2.50. The minimum absolute atomic E-state index is 0.0153. The quantitative estimate of drug-likeness (QED) is 0.304. The van der Waals surface area contributed by atoms with Crippen LogP contribution in [-0.4, -0.2) is 16.3 Å². The molecule has 1 fully saturated rings. The third-order valence-electron chi connectivity index (χ3n) is 6.30. The largest absolute Gasteiger partial charge is 0.507 e. The molecule has 7 heteroatoms. The lowest BCUT2D eigenvalue weighted by atomic mass is 9.71. The molecule has 1 aliphatic carbocycles. The molecule has 0 bridgehead atoms. The first kappa shape index (κ1) is 21.3. The summed E-state index contributed by atoms with van der Waals surface area (Å²) in [6.45, 7) is 0. The van der Waals surface area contributed by atoms with Gasteiger partial charge in [-0.2, -0.15) is 0 Å². The van der Waals surface area contributed by atoms with Gasteiger partial charge in [-0.1, -0.05) is 54.6 Å². The fraction of sp³-hybridized carbons (Fsp3) is 0.154. The van der Waals surface area contributed by atoms with Crippen LogP contribution in [0, 0.1) is 0 Å². The number of phenols is 1. The molecule has 0 spiro atoms. The normalized spacial score (nSPS) is 14.6. The second-order valence-electron chi connectivity index (χ2n) is 8.22. The molecular formula is C26H20BrNO5. The van der Waals surface area contributed by atoms with Crippen LogP contribution in [0.3, 0.4) is 0 Å². The zero-order valence-electron chi connectivity index (χ0n) is 17.5. The number of hydrogen-bond donors (Lipinski definition) is 3. The Hall–Kier alpha value is -3.58. The van der Waals surface area contributed by atoms with Gasteiger partial charge in [-0.25, -0.2) is 4.79 Å².